The molecule has 0 aliphatic carbocycles. The molecule has 2 fully saturated rings. The van der Waals surface area contributed by atoms with Gasteiger partial charge in [-0.2, -0.15) is 0 Å². The molecule has 3 aliphatic heterocycles. The third kappa shape index (κ3) is 15.5. The second kappa shape index (κ2) is 23.7. The Morgan fingerprint density at radius 1 is 0.804 bits per heavy atom. The van der Waals surface area contributed by atoms with Gasteiger partial charge in [0.25, 0.3) is 0 Å². The molecular weight excluding hydrogens is 710 g/mol. The van der Waals surface area contributed by atoms with Crippen LogP contribution in [0.3, 0.4) is 0 Å². The normalized spacial score (nSPS) is 24.4. The number of carbonyl (C=O) groups is 2. The number of amides is 1. The minimum atomic E-state index is -0.452. The van der Waals surface area contributed by atoms with E-state index in [9.17, 15) is 14.7 Å². The van der Waals surface area contributed by atoms with Gasteiger partial charge in [0, 0.05) is 15.7 Å². The summed E-state index contributed by atoms with van der Waals surface area (Å²) in [6.07, 6.45) is 25.2. The van der Waals surface area contributed by atoms with Crippen molar-refractivity contribution in [2.75, 3.05) is 5.32 Å². The summed E-state index contributed by atoms with van der Waals surface area (Å²) in [5.41, 5.74) is 1.53. The lowest BCUT2D eigenvalue weighted by Gasteiger charge is -2.26. The number of anilines is 1. The van der Waals surface area contributed by atoms with E-state index in [1.54, 1.807) is 0 Å². The van der Waals surface area contributed by atoms with Gasteiger partial charge >= 0.3 is 12.1 Å². The number of ether oxygens (including phenoxy) is 4. The van der Waals surface area contributed by atoms with Gasteiger partial charge in [0.1, 0.15) is 12.2 Å². The lowest BCUT2D eigenvalue weighted by Crippen LogP contribution is -2.36. The maximum atomic E-state index is 13.0. The van der Waals surface area contributed by atoms with E-state index < -0.39 is 12.2 Å². The maximum absolute atomic E-state index is 13.0. The summed E-state index contributed by atoms with van der Waals surface area (Å²) in [7, 11) is 0. The number of carbonyl (C=O) groups excluding carboxylic acids is 2. The van der Waals surface area contributed by atoms with Crippen molar-refractivity contribution in [3.63, 3.8) is 0 Å². The molecule has 51 heavy (non-hydrogen) atoms. The van der Waals surface area contributed by atoms with Crippen LogP contribution in [0.4, 0.5) is 10.5 Å². The smallest absolute Gasteiger partial charge is 0.411 e. The molecule has 7 atom stereocenters. The van der Waals surface area contributed by atoms with E-state index in [-0.39, 0.29) is 42.6 Å². The Labute approximate surface area is 316 Å². The Bertz CT molecular complexity index is 1180. The Morgan fingerprint density at radius 2 is 1.35 bits per heavy atom. The summed E-state index contributed by atoms with van der Waals surface area (Å²) in [5, 5.41) is 13.8. The molecule has 8 nitrogen and oxygen atoms in total. The molecule has 9 heteroatoms. The molecule has 0 saturated carbocycles. The molecule has 0 radical (unpaired) electrons. The second-order valence-corrected chi connectivity index (χ2v) is 16.1. The van der Waals surface area contributed by atoms with Crippen molar-refractivity contribution >= 4 is 33.7 Å². The van der Waals surface area contributed by atoms with E-state index in [1.807, 2.05) is 37.3 Å². The summed E-state index contributed by atoms with van der Waals surface area (Å²) in [6.45, 7) is 4.16. The molecule has 1 amide bonds. The van der Waals surface area contributed by atoms with Crippen LogP contribution in [0, 0.1) is 0 Å². The Kier molecular flexibility index (Phi) is 19.4. The molecule has 0 aromatic heterocycles. The standard InChI is InChI=1S/C42H66BrNO7/c1-3-4-5-6-7-11-14-17-20-35(45)36-26-27-39(49-36)40-29-28-38(50-40)37(51-42(47)44-34-24-22-33(43)23-25-34)21-18-15-12-9-8-10-13-16-19-32-30-31(2)48-41(32)46/h22-25,30-31,35-40,45H,3-21,26-29H2,1-2H3,(H,44,47)/t31-,35-,36+,37+,38+,39-,40-/m0/s1. The van der Waals surface area contributed by atoms with Crippen LogP contribution in [0.2, 0.25) is 0 Å². The van der Waals surface area contributed by atoms with E-state index >= 15 is 0 Å². The highest BCUT2D eigenvalue weighted by Crippen LogP contribution is 2.35. The lowest BCUT2D eigenvalue weighted by molar-refractivity contribution is -0.139. The molecule has 3 aliphatic rings. The highest BCUT2D eigenvalue weighted by Gasteiger charge is 2.42. The van der Waals surface area contributed by atoms with Crippen LogP contribution in [0.15, 0.2) is 40.4 Å². The number of unbranched alkanes of at least 4 members (excludes halogenated alkanes) is 14. The third-order valence-corrected chi connectivity index (χ3v) is 11.3. The minimum Gasteiger partial charge on any atom is -0.455 e. The number of nitrogens with one attached hydrogen (secondary N) is 1. The van der Waals surface area contributed by atoms with E-state index in [0.29, 0.717) is 5.69 Å². The number of benzene rings is 1. The van der Waals surface area contributed by atoms with Crippen molar-refractivity contribution < 1.29 is 33.6 Å². The summed E-state index contributed by atoms with van der Waals surface area (Å²) in [4.78, 5) is 24.8. The van der Waals surface area contributed by atoms with Crippen molar-refractivity contribution in [1.82, 2.24) is 0 Å². The van der Waals surface area contributed by atoms with Gasteiger partial charge in [-0.05, 0) is 95.1 Å². The highest BCUT2D eigenvalue weighted by molar-refractivity contribution is 9.10. The monoisotopic (exact) mass is 775 g/mol. The second-order valence-electron chi connectivity index (χ2n) is 15.2. The molecule has 0 bridgehead atoms. The number of hydrogen-bond donors (Lipinski definition) is 2. The Morgan fingerprint density at radius 3 is 1.96 bits per heavy atom. The number of aliphatic hydroxyl groups is 1. The summed E-state index contributed by atoms with van der Waals surface area (Å²) in [5.74, 6) is -0.144. The maximum Gasteiger partial charge on any atom is 0.411 e. The molecular formula is C42H66BrNO7. The van der Waals surface area contributed by atoms with Crippen LogP contribution in [-0.2, 0) is 23.7 Å². The summed E-state index contributed by atoms with van der Waals surface area (Å²) >= 11 is 3.44. The van der Waals surface area contributed by atoms with E-state index in [0.717, 1.165) is 93.5 Å². The zero-order valence-electron chi connectivity index (χ0n) is 31.5. The average Bonchev–Trinajstić information content (AvgIpc) is 3.87. The van der Waals surface area contributed by atoms with E-state index in [4.69, 9.17) is 18.9 Å². The number of halogens is 1. The van der Waals surface area contributed by atoms with Crippen molar-refractivity contribution in [3.05, 3.63) is 40.4 Å². The first kappa shape index (κ1) is 41.8. The van der Waals surface area contributed by atoms with Crippen LogP contribution < -0.4 is 5.32 Å². The van der Waals surface area contributed by atoms with Gasteiger partial charge in [0.05, 0.1) is 30.5 Å². The van der Waals surface area contributed by atoms with Crippen LogP contribution in [-0.4, -0.2) is 59.9 Å². The molecule has 3 heterocycles. The van der Waals surface area contributed by atoms with Gasteiger partial charge in [-0.15, -0.1) is 0 Å². The van der Waals surface area contributed by atoms with Gasteiger partial charge in [-0.3, -0.25) is 5.32 Å². The van der Waals surface area contributed by atoms with Crippen molar-refractivity contribution in [2.45, 2.75) is 204 Å². The molecule has 1 aromatic carbocycles. The van der Waals surface area contributed by atoms with Crippen LogP contribution in [0.1, 0.15) is 162 Å². The highest BCUT2D eigenvalue weighted by atomic mass is 79.9. The van der Waals surface area contributed by atoms with Crippen molar-refractivity contribution in [2.24, 2.45) is 0 Å². The zero-order valence-corrected chi connectivity index (χ0v) is 33.1. The first-order chi connectivity index (χ1) is 24.8. The first-order valence-electron chi connectivity index (χ1n) is 20.5. The first-order valence-corrected chi connectivity index (χ1v) is 21.3. The SMILES string of the molecule is CCCCCCCCCC[C@H](O)[C@H]1CC[C@@H]([C@@H]2CC[C@H]([C@@H](CCCCCCCCCCC3=C[C@H](C)OC3=O)OC(=O)Nc3ccc(Br)cc3)O2)O1. The number of cyclic esters (lactones) is 1. The number of rotatable bonds is 25. The predicted molar refractivity (Wildman–Crippen MR) is 207 cm³/mol. The van der Waals surface area contributed by atoms with Crippen LogP contribution in [0.5, 0.6) is 0 Å². The Balaban J connectivity index is 1.15. The van der Waals surface area contributed by atoms with Gasteiger partial charge in [0.2, 0.25) is 0 Å². The fourth-order valence-electron chi connectivity index (χ4n) is 7.83. The zero-order chi connectivity index (χ0) is 36.3. The number of hydrogen-bond acceptors (Lipinski definition) is 7. The van der Waals surface area contributed by atoms with E-state index in [1.165, 1.54) is 64.2 Å². The summed E-state index contributed by atoms with van der Waals surface area (Å²) < 4.78 is 25.2. The fraction of sp³-hybridized carbons (Fsp3) is 0.762. The third-order valence-electron chi connectivity index (χ3n) is 10.8. The van der Waals surface area contributed by atoms with Crippen LogP contribution >= 0.6 is 15.9 Å². The molecule has 0 spiro atoms. The topological polar surface area (TPSA) is 103 Å². The Hall–Kier alpha value is -1.94. The van der Waals surface area contributed by atoms with Crippen LogP contribution in [0.25, 0.3) is 0 Å². The van der Waals surface area contributed by atoms with Gasteiger partial charge in [-0.25, -0.2) is 9.59 Å². The molecule has 2 saturated heterocycles. The predicted octanol–water partition coefficient (Wildman–Crippen LogP) is 11.1. The quantitative estimate of drug-likeness (QED) is 0.0753. The van der Waals surface area contributed by atoms with Crippen molar-refractivity contribution in [1.29, 1.82) is 0 Å². The van der Waals surface area contributed by atoms with E-state index in [2.05, 4.69) is 28.2 Å². The number of aliphatic hydroxyl groups excluding tert-OH is 1. The summed E-state index contributed by atoms with van der Waals surface area (Å²) in [6, 6.07) is 7.48. The minimum absolute atomic E-state index is 0.0160. The largest absolute Gasteiger partial charge is 0.455 e. The van der Waals surface area contributed by atoms with Crippen molar-refractivity contribution in [3.8, 4) is 0 Å². The molecule has 2 N–H and O–H groups in total. The fourth-order valence-corrected chi connectivity index (χ4v) is 8.10. The molecule has 288 valence electrons. The van der Waals surface area contributed by atoms with Gasteiger partial charge in [0.15, 0.2) is 0 Å². The average molecular weight is 777 g/mol. The molecule has 0 unspecified atom stereocenters. The molecule has 4 rings (SSSR count). The van der Waals surface area contributed by atoms with Gasteiger partial charge in [-0.1, -0.05) is 113 Å². The number of esters is 1. The molecule has 1 aromatic rings. The lowest BCUT2D eigenvalue weighted by atomic mass is 10.00. The van der Waals surface area contributed by atoms with Gasteiger partial charge < -0.3 is 24.1 Å².